The zero-order valence-corrected chi connectivity index (χ0v) is 8.49. The molecular formula is C6H16NO4P. The molecule has 0 aliphatic carbocycles. The Morgan fingerprint density at radius 2 is 1.92 bits per heavy atom. The molecule has 2 unspecified atom stereocenters. The summed E-state index contributed by atoms with van der Waals surface area (Å²) in [5.41, 5.74) is 0. The molecule has 5 nitrogen and oxygen atoms in total. The third-order valence-corrected chi connectivity index (χ3v) is 2.08. The van der Waals surface area contributed by atoms with Gasteiger partial charge in [-0.3, -0.25) is 0 Å². The minimum Gasteiger partial charge on any atom is -0.779 e. The summed E-state index contributed by atoms with van der Waals surface area (Å²) in [6.45, 7) is 0.298. The van der Waals surface area contributed by atoms with Crippen LogP contribution in [0.25, 0.3) is 0 Å². The lowest BCUT2D eigenvalue weighted by atomic mass is 10.3. The second-order valence-corrected chi connectivity index (χ2v) is 5.59. The van der Waals surface area contributed by atoms with Crippen LogP contribution in [-0.4, -0.2) is 54.4 Å². The number of quaternary nitrogens is 1. The van der Waals surface area contributed by atoms with Gasteiger partial charge in [0.15, 0.2) is 0 Å². The van der Waals surface area contributed by atoms with Crippen molar-refractivity contribution < 1.29 is 23.9 Å². The van der Waals surface area contributed by atoms with Crippen LogP contribution in [0.3, 0.4) is 0 Å². The van der Waals surface area contributed by atoms with Gasteiger partial charge in [0.05, 0.1) is 21.1 Å². The molecule has 0 saturated carbocycles. The molecule has 12 heavy (non-hydrogen) atoms. The Morgan fingerprint density at radius 3 is 2.17 bits per heavy atom. The van der Waals surface area contributed by atoms with Crippen LogP contribution in [0.15, 0.2) is 0 Å². The highest BCUT2D eigenvalue weighted by Gasteiger charge is 2.18. The van der Waals surface area contributed by atoms with Gasteiger partial charge in [-0.25, -0.2) is 0 Å². The molecule has 2 N–H and O–H groups in total. The van der Waals surface area contributed by atoms with E-state index in [-0.39, 0.29) is 0 Å². The second-order valence-electron chi connectivity index (χ2n) is 3.95. The SMILES string of the molecule is C[N+](C)(C)CC(O)CP(=O)([O-])O. The van der Waals surface area contributed by atoms with E-state index in [2.05, 4.69) is 0 Å². The lowest BCUT2D eigenvalue weighted by Crippen LogP contribution is -2.42. The third-order valence-electron chi connectivity index (χ3n) is 1.20. The van der Waals surface area contributed by atoms with Gasteiger partial charge < -0.3 is 23.9 Å². The maximum Gasteiger partial charge on any atom is 0.135 e. The second kappa shape index (κ2) is 3.85. The van der Waals surface area contributed by atoms with E-state index in [1.165, 1.54) is 0 Å². The summed E-state index contributed by atoms with van der Waals surface area (Å²) in [6.07, 6.45) is -1.57. The third kappa shape index (κ3) is 8.17. The quantitative estimate of drug-likeness (QED) is 0.429. The van der Waals surface area contributed by atoms with Gasteiger partial charge in [0.1, 0.15) is 20.2 Å². The van der Waals surface area contributed by atoms with Crippen LogP contribution in [0.5, 0.6) is 0 Å². The van der Waals surface area contributed by atoms with Gasteiger partial charge in [0, 0.05) is 6.16 Å². The molecule has 0 saturated heterocycles. The van der Waals surface area contributed by atoms with E-state index < -0.39 is 19.9 Å². The van der Waals surface area contributed by atoms with Gasteiger partial charge in [-0.15, -0.1) is 0 Å². The molecule has 74 valence electrons. The van der Waals surface area contributed by atoms with Crippen LogP contribution in [0.4, 0.5) is 0 Å². The van der Waals surface area contributed by atoms with Gasteiger partial charge >= 0.3 is 0 Å². The summed E-state index contributed by atoms with van der Waals surface area (Å²) in [4.78, 5) is 18.8. The average molecular weight is 197 g/mol. The van der Waals surface area contributed by atoms with Gasteiger partial charge in [-0.1, -0.05) is 0 Å². The first-order valence-electron chi connectivity index (χ1n) is 3.61. The predicted molar refractivity (Wildman–Crippen MR) is 43.6 cm³/mol. The van der Waals surface area contributed by atoms with E-state index in [1.54, 1.807) is 0 Å². The smallest absolute Gasteiger partial charge is 0.135 e. The largest absolute Gasteiger partial charge is 0.779 e. The van der Waals surface area contributed by atoms with Crippen LogP contribution in [0.2, 0.25) is 0 Å². The summed E-state index contributed by atoms with van der Waals surface area (Å²) in [7, 11) is 1.17. The zero-order valence-electron chi connectivity index (χ0n) is 7.60. The summed E-state index contributed by atoms with van der Waals surface area (Å²) >= 11 is 0. The highest BCUT2D eigenvalue weighted by molar-refractivity contribution is 7.50. The summed E-state index contributed by atoms with van der Waals surface area (Å²) in [6, 6.07) is 0. The fourth-order valence-corrected chi connectivity index (χ4v) is 1.60. The number of likely N-dealkylation sites (N-methyl/N-ethyl adjacent to an activating group) is 1. The number of aliphatic hydroxyl groups is 1. The fraction of sp³-hybridized carbons (Fsp3) is 1.00. The first-order chi connectivity index (χ1) is 5.10. The summed E-state index contributed by atoms with van der Waals surface area (Å²) in [5, 5.41) is 9.17. The zero-order chi connectivity index (χ0) is 9.99. The molecule has 0 radical (unpaired) electrons. The molecule has 0 aromatic carbocycles. The minimum absolute atomic E-state index is 0.298. The van der Waals surface area contributed by atoms with Crippen molar-refractivity contribution in [1.29, 1.82) is 0 Å². The number of rotatable bonds is 4. The van der Waals surface area contributed by atoms with Crippen LogP contribution >= 0.6 is 7.60 Å². The van der Waals surface area contributed by atoms with Gasteiger partial charge in [0.25, 0.3) is 0 Å². The van der Waals surface area contributed by atoms with Crippen LogP contribution in [0.1, 0.15) is 0 Å². The van der Waals surface area contributed by atoms with Crippen LogP contribution in [-0.2, 0) is 4.57 Å². The van der Waals surface area contributed by atoms with Crippen molar-refractivity contribution in [3.05, 3.63) is 0 Å². The Labute approximate surface area is 72.4 Å². The lowest BCUT2D eigenvalue weighted by molar-refractivity contribution is -0.873. The maximum atomic E-state index is 10.3. The van der Waals surface area contributed by atoms with Gasteiger partial charge in [0.2, 0.25) is 0 Å². The van der Waals surface area contributed by atoms with Crippen molar-refractivity contribution in [1.82, 2.24) is 0 Å². The summed E-state index contributed by atoms with van der Waals surface area (Å²) < 4.78 is 10.8. The number of aliphatic hydroxyl groups excluding tert-OH is 1. The van der Waals surface area contributed by atoms with Crippen molar-refractivity contribution in [3.63, 3.8) is 0 Å². The molecule has 0 bridgehead atoms. The molecule has 6 heteroatoms. The molecule has 0 aliphatic heterocycles. The Kier molecular flexibility index (Phi) is 3.87. The minimum atomic E-state index is -4.32. The Balaban J connectivity index is 3.91. The Bertz CT molecular complexity index is 182. The molecule has 0 rings (SSSR count). The van der Waals surface area contributed by atoms with Gasteiger partial charge in [-0.05, 0) is 0 Å². The first kappa shape index (κ1) is 12.1. The number of hydrogen-bond acceptors (Lipinski definition) is 3. The topological polar surface area (TPSA) is 80.6 Å². The van der Waals surface area contributed by atoms with Crippen molar-refractivity contribution in [2.45, 2.75) is 6.10 Å². The van der Waals surface area contributed by atoms with E-state index in [0.29, 0.717) is 11.0 Å². The number of hydrogen-bond donors (Lipinski definition) is 2. The molecule has 0 spiro atoms. The highest BCUT2D eigenvalue weighted by Crippen LogP contribution is 2.29. The van der Waals surface area contributed by atoms with E-state index in [1.807, 2.05) is 21.1 Å². The molecule has 0 aromatic heterocycles. The van der Waals surface area contributed by atoms with Crippen molar-refractivity contribution in [2.24, 2.45) is 0 Å². The molecule has 0 heterocycles. The normalized spacial score (nSPS) is 20.2. The van der Waals surface area contributed by atoms with Crippen molar-refractivity contribution in [3.8, 4) is 0 Å². The summed E-state index contributed by atoms with van der Waals surface area (Å²) in [5.74, 6) is 0. The predicted octanol–water partition coefficient (Wildman–Crippen LogP) is -1.40. The van der Waals surface area contributed by atoms with E-state index in [9.17, 15) is 14.6 Å². The molecule has 2 atom stereocenters. The molecule has 0 aliphatic rings. The first-order valence-corrected chi connectivity index (χ1v) is 5.38. The highest BCUT2D eigenvalue weighted by atomic mass is 31.2. The Hall–Kier alpha value is 0.0700. The lowest BCUT2D eigenvalue weighted by Gasteiger charge is -2.28. The Morgan fingerprint density at radius 1 is 1.50 bits per heavy atom. The van der Waals surface area contributed by atoms with E-state index in [4.69, 9.17) is 4.89 Å². The molecule has 0 fully saturated rings. The number of nitrogens with zero attached hydrogens (tertiary/aromatic N) is 1. The fourth-order valence-electron chi connectivity index (χ4n) is 0.956. The molecule has 0 amide bonds. The van der Waals surface area contributed by atoms with Crippen molar-refractivity contribution >= 4 is 7.60 Å². The van der Waals surface area contributed by atoms with Gasteiger partial charge in [-0.2, -0.15) is 0 Å². The van der Waals surface area contributed by atoms with E-state index >= 15 is 0 Å². The van der Waals surface area contributed by atoms with E-state index in [0.717, 1.165) is 0 Å². The van der Waals surface area contributed by atoms with Crippen LogP contribution in [0, 0.1) is 0 Å². The standard InChI is InChI=1S/C6H16NO4P/c1-7(2,3)4-6(8)5-12(9,10)11/h6,8H,4-5H2,1-3H3,(H-,9,10,11). The van der Waals surface area contributed by atoms with Crippen molar-refractivity contribution in [2.75, 3.05) is 33.8 Å². The monoisotopic (exact) mass is 197 g/mol. The van der Waals surface area contributed by atoms with Crippen LogP contribution < -0.4 is 4.89 Å². The molecule has 0 aromatic rings. The maximum absolute atomic E-state index is 10.3. The molecular weight excluding hydrogens is 181 g/mol. The average Bonchev–Trinajstić information content (AvgIpc) is 1.49.